The van der Waals surface area contributed by atoms with Gasteiger partial charge in [-0.15, -0.1) is 0 Å². The second-order valence-corrected chi connectivity index (χ2v) is 8.62. The van der Waals surface area contributed by atoms with Crippen LogP contribution in [0, 0.1) is 5.82 Å². The van der Waals surface area contributed by atoms with Crippen molar-refractivity contribution in [2.75, 3.05) is 26.2 Å². The molecule has 1 aliphatic rings. The standard InChI is InChI=1S/C27H33FN2O4/c1-5-29(6-2)16-7-17-30-24(19-10-14-22(15-11-19)34-18(3)4)23(26(32)27(30)33)25(31)20-8-12-21(28)13-9-20/h8-15,18,24,31H,5-7,16-17H2,1-4H3/b25-23-. The Bertz CT molecular complexity index is 1030. The molecule has 1 fully saturated rings. The van der Waals surface area contributed by atoms with Crippen molar-refractivity contribution in [2.24, 2.45) is 0 Å². The summed E-state index contributed by atoms with van der Waals surface area (Å²) in [6.07, 6.45) is 0.700. The minimum Gasteiger partial charge on any atom is -0.507 e. The number of amides is 1. The number of likely N-dealkylation sites (tertiary alicyclic amines) is 1. The van der Waals surface area contributed by atoms with Gasteiger partial charge in [0, 0.05) is 12.1 Å². The number of hydrogen-bond acceptors (Lipinski definition) is 5. The number of aliphatic hydroxyl groups excluding tert-OH is 1. The van der Waals surface area contributed by atoms with Crippen LogP contribution >= 0.6 is 0 Å². The summed E-state index contributed by atoms with van der Waals surface area (Å²) < 4.78 is 19.1. The molecule has 2 aromatic carbocycles. The molecule has 0 aliphatic carbocycles. The Labute approximate surface area is 200 Å². The van der Waals surface area contributed by atoms with Crippen molar-refractivity contribution in [1.82, 2.24) is 9.80 Å². The number of nitrogens with zero attached hydrogens (tertiary/aromatic N) is 2. The Kier molecular flexibility index (Phi) is 8.45. The Balaban J connectivity index is 2.01. The highest BCUT2D eigenvalue weighted by atomic mass is 19.1. The maximum atomic E-state index is 13.4. The van der Waals surface area contributed by atoms with E-state index in [-0.39, 0.29) is 23.0 Å². The topological polar surface area (TPSA) is 70.1 Å². The molecule has 1 atom stereocenters. The lowest BCUT2D eigenvalue weighted by molar-refractivity contribution is -0.140. The van der Waals surface area contributed by atoms with Crippen molar-refractivity contribution in [3.63, 3.8) is 0 Å². The number of ether oxygens (including phenoxy) is 1. The molecule has 6 nitrogen and oxygen atoms in total. The summed E-state index contributed by atoms with van der Waals surface area (Å²) in [6, 6.07) is 11.7. The van der Waals surface area contributed by atoms with Crippen LogP contribution < -0.4 is 4.74 Å². The summed E-state index contributed by atoms with van der Waals surface area (Å²) >= 11 is 0. The van der Waals surface area contributed by atoms with Crippen LogP contribution in [0.5, 0.6) is 5.75 Å². The fourth-order valence-corrected chi connectivity index (χ4v) is 4.23. The zero-order valence-corrected chi connectivity index (χ0v) is 20.3. The lowest BCUT2D eigenvalue weighted by atomic mass is 9.95. The third kappa shape index (κ3) is 5.65. The predicted molar refractivity (Wildman–Crippen MR) is 130 cm³/mol. The fourth-order valence-electron chi connectivity index (χ4n) is 4.23. The van der Waals surface area contributed by atoms with Crippen LogP contribution in [0.1, 0.15) is 51.3 Å². The number of carbonyl (C=O) groups excluding carboxylic acids is 2. The lowest BCUT2D eigenvalue weighted by Crippen LogP contribution is -2.33. The molecule has 0 saturated carbocycles. The molecule has 2 aromatic rings. The molecule has 1 unspecified atom stereocenters. The van der Waals surface area contributed by atoms with Crippen LogP contribution in [0.15, 0.2) is 54.1 Å². The highest BCUT2D eigenvalue weighted by Crippen LogP contribution is 2.40. The second-order valence-electron chi connectivity index (χ2n) is 8.62. The van der Waals surface area contributed by atoms with E-state index in [2.05, 4.69) is 18.7 Å². The van der Waals surface area contributed by atoms with E-state index in [0.29, 0.717) is 24.3 Å². The molecule has 182 valence electrons. The normalized spacial score (nSPS) is 17.7. The van der Waals surface area contributed by atoms with E-state index in [1.807, 2.05) is 26.0 Å². The van der Waals surface area contributed by atoms with Crippen molar-refractivity contribution in [3.8, 4) is 5.75 Å². The maximum absolute atomic E-state index is 13.4. The molecule has 1 N–H and O–H groups in total. The molecule has 0 spiro atoms. The van der Waals surface area contributed by atoms with Crippen LogP contribution in [0.3, 0.4) is 0 Å². The molecule has 7 heteroatoms. The van der Waals surface area contributed by atoms with Crippen molar-refractivity contribution < 1.29 is 23.8 Å². The smallest absolute Gasteiger partial charge is 0.295 e. The fraction of sp³-hybridized carbons (Fsp3) is 0.407. The summed E-state index contributed by atoms with van der Waals surface area (Å²) in [7, 11) is 0. The summed E-state index contributed by atoms with van der Waals surface area (Å²) in [5.41, 5.74) is 0.992. The third-order valence-corrected chi connectivity index (χ3v) is 5.99. The number of hydrogen-bond donors (Lipinski definition) is 1. The zero-order chi connectivity index (χ0) is 24.8. The molecule has 3 rings (SSSR count). The number of rotatable bonds is 10. The van der Waals surface area contributed by atoms with Gasteiger partial charge in [0.15, 0.2) is 0 Å². The van der Waals surface area contributed by atoms with Gasteiger partial charge >= 0.3 is 0 Å². The molecule has 1 amide bonds. The number of halogens is 1. The van der Waals surface area contributed by atoms with Crippen LogP contribution in [-0.2, 0) is 9.59 Å². The van der Waals surface area contributed by atoms with Gasteiger partial charge in [-0.1, -0.05) is 26.0 Å². The van der Waals surface area contributed by atoms with Gasteiger partial charge in [0.1, 0.15) is 17.3 Å². The monoisotopic (exact) mass is 468 g/mol. The van der Waals surface area contributed by atoms with Gasteiger partial charge in [-0.05, 0) is 81.9 Å². The minimum absolute atomic E-state index is 0.00930. The first-order chi connectivity index (χ1) is 16.3. The Morgan fingerprint density at radius 1 is 1.06 bits per heavy atom. The molecule has 1 aliphatic heterocycles. The van der Waals surface area contributed by atoms with Gasteiger partial charge < -0.3 is 19.6 Å². The van der Waals surface area contributed by atoms with Gasteiger partial charge in [0.2, 0.25) is 0 Å². The minimum atomic E-state index is -0.741. The molecule has 34 heavy (non-hydrogen) atoms. The average Bonchev–Trinajstić information content (AvgIpc) is 3.07. The van der Waals surface area contributed by atoms with Gasteiger partial charge in [-0.25, -0.2) is 4.39 Å². The van der Waals surface area contributed by atoms with Crippen LogP contribution in [-0.4, -0.2) is 58.9 Å². The molecule has 1 heterocycles. The lowest BCUT2D eigenvalue weighted by Gasteiger charge is -2.27. The van der Waals surface area contributed by atoms with E-state index in [1.165, 1.54) is 29.2 Å². The van der Waals surface area contributed by atoms with Crippen molar-refractivity contribution in [3.05, 3.63) is 71.0 Å². The van der Waals surface area contributed by atoms with Crippen LogP contribution in [0.2, 0.25) is 0 Å². The van der Waals surface area contributed by atoms with Gasteiger partial charge in [-0.3, -0.25) is 9.59 Å². The second kappa shape index (κ2) is 11.3. The van der Waals surface area contributed by atoms with Crippen molar-refractivity contribution >= 4 is 17.4 Å². The van der Waals surface area contributed by atoms with Crippen LogP contribution in [0.4, 0.5) is 4.39 Å². The zero-order valence-electron chi connectivity index (χ0n) is 20.3. The molecule has 0 aromatic heterocycles. The summed E-state index contributed by atoms with van der Waals surface area (Å²) in [6.45, 7) is 11.0. The van der Waals surface area contributed by atoms with Crippen molar-refractivity contribution in [2.45, 2.75) is 46.3 Å². The largest absolute Gasteiger partial charge is 0.507 e. The van der Waals surface area contributed by atoms with Gasteiger partial charge in [0.25, 0.3) is 11.7 Å². The Morgan fingerprint density at radius 2 is 1.68 bits per heavy atom. The summed E-state index contributed by atoms with van der Waals surface area (Å²) in [5.74, 6) is -1.47. The summed E-state index contributed by atoms with van der Waals surface area (Å²) in [4.78, 5) is 29.9. The Morgan fingerprint density at radius 3 is 2.24 bits per heavy atom. The molecular formula is C27H33FN2O4. The number of benzene rings is 2. The highest BCUT2D eigenvalue weighted by molar-refractivity contribution is 6.46. The van der Waals surface area contributed by atoms with Gasteiger partial charge in [0.05, 0.1) is 17.7 Å². The first kappa shape index (κ1) is 25.4. The number of carbonyl (C=O) groups is 2. The molecule has 0 radical (unpaired) electrons. The highest BCUT2D eigenvalue weighted by Gasteiger charge is 2.45. The van der Waals surface area contributed by atoms with E-state index < -0.39 is 23.5 Å². The first-order valence-corrected chi connectivity index (χ1v) is 11.8. The van der Waals surface area contributed by atoms with E-state index in [0.717, 1.165) is 19.6 Å². The SMILES string of the molecule is CCN(CC)CCCN1C(=O)C(=O)/C(=C(\O)c2ccc(F)cc2)C1c1ccc(OC(C)C)cc1. The molecule has 0 bridgehead atoms. The number of Topliss-reactive ketones (excluding diaryl/α,β-unsaturated/α-hetero) is 1. The van der Waals surface area contributed by atoms with E-state index in [9.17, 15) is 19.1 Å². The van der Waals surface area contributed by atoms with Crippen molar-refractivity contribution in [1.29, 1.82) is 0 Å². The maximum Gasteiger partial charge on any atom is 0.295 e. The molecule has 1 saturated heterocycles. The third-order valence-electron chi connectivity index (χ3n) is 5.99. The molecular weight excluding hydrogens is 435 g/mol. The van der Waals surface area contributed by atoms with E-state index in [1.54, 1.807) is 12.1 Å². The average molecular weight is 469 g/mol. The van der Waals surface area contributed by atoms with E-state index in [4.69, 9.17) is 4.74 Å². The number of ketones is 1. The number of aliphatic hydroxyl groups is 1. The predicted octanol–water partition coefficient (Wildman–Crippen LogP) is 4.77. The van der Waals surface area contributed by atoms with E-state index >= 15 is 0 Å². The quantitative estimate of drug-likeness (QED) is 0.309. The van der Waals surface area contributed by atoms with Crippen LogP contribution in [0.25, 0.3) is 5.76 Å². The van der Waals surface area contributed by atoms with Gasteiger partial charge in [-0.2, -0.15) is 0 Å². The summed E-state index contributed by atoms with van der Waals surface area (Å²) in [5, 5.41) is 11.0. The first-order valence-electron chi connectivity index (χ1n) is 11.8. The Hall–Kier alpha value is -3.19.